The van der Waals surface area contributed by atoms with Crippen molar-refractivity contribution >= 4 is 17.4 Å². The molecule has 0 spiro atoms. The van der Waals surface area contributed by atoms with Crippen LogP contribution in [0.15, 0.2) is 99.6 Å². The molecule has 0 aliphatic heterocycles. The normalized spacial score (nSPS) is 10.4. The van der Waals surface area contributed by atoms with Crippen LogP contribution in [-0.2, 0) is 15.7 Å². The van der Waals surface area contributed by atoms with E-state index in [1.165, 1.54) is 14.7 Å². The Bertz CT molecular complexity index is 685. The highest BCUT2D eigenvalue weighted by Crippen LogP contribution is 2.31. The molecule has 22 heavy (non-hydrogen) atoms. The van der Waals surface area contributed by atoms with Gasteiger partial charge in [0.2, 0.25) is 0 Å². The minimum absolute atomic E-state index is 0.171. The number of ether oxygens (including phenoxy) is 1. The molecule has 3 heteroatoms. The standard InChI is InChI=1S/C19H15O2S/c20-15-21-16-11-13-19(14-12-16)22(17-7-3-1-4-8-17)18-9-5-2-6-10-18/h1-15H/q+1. The molecule has 0 unspecified atom stereocenters. The lowest BCUT2D eigenvalue weighted by Gasteiger charge is -2.08. The zero-order valence-electron chi connectivity index (χ0n) is 11.9. The quantitative estimate of drug-likeness (QED) is 0.518. The molecule has 0 aliphatic rings. The molecule has 3 aromatic rings. The predicted octanol–water partition coefficient (Wildman–Crippen LogP) is 4.32. The molecule has 108 valence electrons. The van der Waals surface area contributed by atoms with Gasteiger partial charge in [-0.1, -0.05) is 36.4 Å². The first-order valence-corrected chi connectivity index (χ1v) is 8.16. The molecule has 0 radical (unpaired) electrons. The van der Waals surface area contributed by atoms with Crippen LogP contribution >= 0.6 is 0 Å². The van der Waals surface area contributed by atoms with Crippen molar-refractivity contribution < 1.29 is 9.53 Å². The van der Waals surface area contributed by atoms with Gasteiger partial charge in [-0.2, -0.15) is 0 Å². The van der Waals surface area contributed by atoms with Gasteiger partial charge in [0.25, 0.3) is 6.47 Å². The highest BCUT2D eigenvalue weighted by Gasteiger charge is 2.28. The number of hydrogen-bond acceptors (Lipinski definition) is 2. The first-order valence-electron chi connectivity index (χ1n) is 6.93. The van der Waals surface area contributed by atoms with Crippen LogP contribution in [0.2, 0.25) is 0 Å². The second-order valence-electron chi connectivity index (χ2n) is 4.62. The van der Waals surface area contributed by atoms with Gasteiger partial charge in [0, 0.05) is 0 Å². The molecular weight excluding hydrogens is 292 g/mol. The summed E-state index contributed by atoms with van der Waals surface area (Å²) in [6.45, 7) is 0.448. The summed E-state index contributed by atoms with van der Waals surface area (Å²) in [6.07, 6.45) is 0. The van der Waals surface area contributed by atoms with Gasteiger partial charge in [0.15, 0.2) is 14.7 Å². The van der Waals surface area contributed by atoms with E-state index in [-0.39, 0.29) is 10.9 Å². The van der Waals surface area contributed by atoms with Gasteiger partial charge in [0.1, 0.15) is 5.75 Å². The van der Waals surface area contributed by atoms with E-state index >= 15 is 0 Å². The highest BCUT2D eigenvalue weighted by molar-refractivity contribution is 7.97. The van der Waals surface area contributed by atoms with Crippen molar-refractivity contribution in [3.8, 4) is 5.75 Å². The highest BCUT2D eigenvalue weighted by atomic mass is 32.2. The van der Waals surface area contributed by atoms with Crippen LogP contribution in [0, 0.1) is 0 Å². The van der Waals surface area contributed by atoms with Crippen molar-refractivity contribution in [1.82, 2.24) is 0 Å². The minimum Gasteiger partial charge on any atom is -0.429 e. The van der Waals surface area contributed by atoms with E-state index < -0.39 is 0 Å². The molecule has 0 heterocycles. The molecule has 0 aliphatic carbocycles. The van der Waals surface area contributed by atoms with Crippen molar-refractivity contribution in [1.29, 1.82) is 0 Å². The largest absolute Gasteiger partial charge is 0.429 e. The van der Waals surface area contributed by atoms with Gasteiger partial charge in [-0.25, -0.2) is 0 Å². The Morgan fingerprint density at radius 2 is 1.09 bits per heavy atom. The van der Waals surface area contributed by atoms with Crippen LogP contribution in [-0.4, -0.2) is 6.47 Å². The van der Waals surface area contributed by atoms with Crippen LogP contribution in [0.5, 0.6) is 5.75 Å². The van der Waals surface area contributed by atoms with E-state index in [1.54, 1.807) is 0 Å². The zero-order valence-corrected chi connectivity index (χ0v) is 12.7. The molecule has 0 atom stereocenters. The zero-order chi connectivity index (χ0) is 15.2. The van der Waals surface area contributed by atoms with Crippen LogP contribution in [0.1, 0.15) is 0 Å². The first kappa shape index (κ1) is 14.4. The fourth-order valence-corrected chi connectivity index (χ4v) is 4.31. The summed E-state index contributed by atoms with van der Waals surface area (Å²) in [4.78, 5) is 14.1. The maximum atomic E-state index is 10.4. The molecule has 0 aromatic heterocycles. The van der Waals surface area contributed by atoms with E-state index in [9.17, 15) is 4.79 Å². The summed E-state index contributed by atoms with van der Waals surface area (Å²) in [5.41, 5.74) is 0. The summed E-state index contributed by atoms with van der Waals surface area (Å²) in [7, 11) is -0.171. The second kappa shape index (κ2) is 6.96. The van der Waals surface area contributed by atoms with Crippen molar-refractivity contribution in [3.05, 3.63) is 84.9 Å². The molecule has 0 saturated heterocycles. The average Bonchev–Trinajstić information content (AvgIpc) is 2.59. The maximum absolute atomic E-state index is 10.4. The van der Waals surface area contributed by atoms with Crippen LogP contribution < -0.4 is 4.74 Å². The molecular formula is C19H15O2S+. The Labute approximate surface area is 132 Å². The molecule has 0 saturated carbocycles. The average molecular weight is 307 g/mol. The lowest BCUT2D eigenvalue weighted by molar-refractivity contribution is -0.120. The van der Waals surface area contributed by atoms with Gasteiger partial charge in [0.05, 0.1) is 10.9 Å². The lowest BCUT2D eigenvalue weighted by Crippen LogP contribution is -2.04. The third-order valence-corrected chi connectivity index (χ3v) is 5.43. The summed E-state index contributed by atoms with van der Waals surface area (Å²) < 4.78 is 4.87. The first-order chi connectivity index (χ1) is 10.9. The second-order valence-corrected chi connectivity index (χ2v) is 6.64. The molecule has 0 fully saturated rings. The van der Waals surface area contributed by atoms with E-state index in [0.717, 1.165) is 0 Å². The summed E-state index contributed by atoms with van der Waals surface area (Å²) in [5.74, 6) is 0.559. The number of hydrogen-bond donors (Lipinski definition) is 0. The Kier molecular flexibility index (Phi) is 4.56. The Morgan fingerprint density at radius 1 is 0.636 bits per heavy atom. The lowest BCUT2D eigenvalue weighted by atomic mass is 10.3. The Morgan fingerprint density at radius 3 is 1.55 bits per heavy atom. The third-order valence-electron chi connectivity index (χ3n) is 3.20. The SMILES string of the molecule is O=COc1ccc([S+](c2ccccc2)c2ccccc2)cc1. The summed E-state index contributed by atoms with van der Waals surface area (Å²) in [6, 6.07) is 28.5. The van der Waals surface area contributed by atoms with E-state index in [2.05, 4.69) is 48.5 Å². The molecule has 2 nitrogen and oxygen atoms in total. The van der Waals surface area contributed by atoms with Gasteiger partial charge >= 0.3 is 0 Å². The summed E-state index contributed by atoms with van der Waals surface area (Å²) in [5, 5.41) is 0. The van der Waals surface area contributed by atoms with Gasteiger partial charge < -0.3 is 4.74 Å². The number of carbonyl (C=O) groups is 1. The van der Waals surface area contributed by atoms with Crippen LogP contribution in [0.25, 0.3) is 0 Å². The molecule has 0 amide bonds. The monoisotopic (exact) mass is 307 g/mol. The number of benzene rings is 3. The van der Waals surface area contributed by atoms with E-state index in [4.69, 9.17) is 4.74 Å². The van der Waals surface area contributed by atoms with E-state index in [0.29, 0.717) is 12.2 Å². The minimum atomic E-state index is -0.171. The van der Waals surface area contributed by atoms with E-state index in [1.807, 2.05) is 36.4 Å². The van der Waals surface area contributed by atoms with Gasteiger partial charge in [-0.05, 0) is 48.5 Å². The van der Waals surface area contributed by atoms with Gasteiger partial charge in [-0.15, -0.1) is 0 Å². The van der Waals surface area contributed by atoms with Gasteiger partial charge in [-0.3, -0.25) is 4.79 Å². The smallest absolute Gasteiger partial charge is 0.298 e. The fourth-order valence-electron chi connectivity index (χ4n) is 2.23. The molecule has 3 aromatic carbocycles. The number of rotatable bonds is 5. The van der Waals surface area contributed by atoms with Crippen LogP contribution in [0.4, 0.5) is 0 Å². The molecule has 0 N–H and O–H groups in total. The fraction of sp³-hybridized carbons (Fsp3) is 0. The van der Waals surface area contributed by atoms with Crippen molar-refractivity contribution in [3.63, 3.8) is 0 Å². The number of carbonyl (C=O) groups excluding carboxylic acids is 1. The molecule has 0 bridgehead atoms. The Hall–Kier alpha value is -2.52. The van der Waals surface area contributed by atoms with Crippen molar-refractivity contribution in [2.75, 3.05) is 0 Å². The third kappa shape index (κ3) is 3.21. The maximum Gasteiger partial charge on any atom is 0.298 e. The Balaban J connectivity index is 2.04. The molecule has 3 rings (SSSR count). The van der Waals surface area contributed by atoms with Crippen molar-refractivity contribution in [2.24, 2.45) is 0 Å². The van der Waals surface area contributed by atoms with Crippen molar-refractivity contribution in [2.45, 2.75) is 14.7 Å². The predicted molar refractivity (Wildman–Crippen MR) is 88.2 cm³/mol. The topological polar surface area (TPSA) is 26.3 Å². The van der Waals surface area contributed by atoms with Crippen LogP contribution in [0.3, 0.4) is 0 Å². The summed E-state index contributed by atoms with van der Waals surface area (Å²) >= 11 is 0.